The number of likely N-dealkylation sites (tertiary alicyclic amines) is 1. The van der Waals surface area contributed by atoms with Crippen molar-refractivity contribution in [1.29, 1.82) is 0 Å². The van der Waals surface area contributed by atoms with Crippen LogP contribution in [0.3, 0.4) is 0 Å². The predicted molar refractivity (Wildman–Crippen MR) is 99.6 cm³/mol. The second-order valence-corrected chi connectivity index (χ2v) is 6.78. The van der Waals surface area contributed by atoms with Crippen molar-refractivity contribution in [2.24, 2.45) is 0 Å². The summed E-state index contributed by atoms with van der Waals surface area (Å²) in [6, 6.07) is 15.7. The van der Waals surface area contributed by atoms with Crippen molar-refractivity contribution >= 4 is 23.3 Å². The topological polar surface area (TPSA) is 32.3 Å². The van der Waals surface area contributed by atoms with Crippen LogP contribution in [0.5, 0.6) is 0 Å². The first-order chi connectivity index (χ1) is 11.6. The van der Waals surface area contributed by atoms with Gasteiger partial charge in [0.25, 0.3) is 0 Å². The van der Waals surface area contributed by atoms with E-state index in [2.05, 4.69) is 5.32 Å². The number of urea groups is 1. The maximum Gasteiger partial charge on any atom is 0.322 e. The number of anilines is 1. The van der Waals surface area contributed by atoms with E-state index in [0.717, 1.165) is 48.5 Å². The van der Waals surface area contributed by atoms with Crippen molar-refractivity contribution in [3.8, 4) is 0 Å². The van der Waals surface area contributed by atoms with E-state index in [-0.39, 0.29) is 12.1 Å². The molecule has 0 aliphatic carbocycles. The number of hydrogen-bond donors (Lipinski definition) is 1. The molecule has 2 aromatic carbocycles. The third-order valence-corrected chi connectivity index (χ3v) is 4.92. The number of aryl methyl sites for hydroxylation is 1. The van der Waals surface area contributed by atoms with E-state index in [1.807, 2.05) is 60.4 Å². The van der Waals surface area contributed by atoms with Gasteiger partial charge in [-0.15, -0.1) is 0 Å². The number of halogens is 1. The molecule has 1 aliphatic heterocycles. The van der Waals surface area contributed by atoms with Crippen molar-refractivity contribution in [3.63, 3.8) is 0 Å². The lowest BCUT2D eigenvalue weighted by atomic mass is 10.0. The first-order valence-electron chi connectivity index (χ1n) is 8.54. The summed E-state index contributed by atoms with van der Waals surface area (Å²) >= 11 is 6.40. The second-order valence-electron chi connectivity index (χ2n) is 6.38. The predicted octanol–water partition coefficient (Wildman–Crippen LogP) is 5.80. The molecule has 126 valence electrons. The Bertz CT molecular complexity index is 699. The van der Waals surface area contributed by atoms with E-state index < -0.39 is 0 Å². The van der Waals surface area contributed by atoms with Gasteiger partial charge in [-0.05, 0) is 43.5 Å². The molecule has 1 atom stereocenters. The molecule has 0 aromatic heterocycles. The highest BCUT2D eigenvalue weighted by Crippen LogP contribution is 2.34. The zero-order valence-corrected chi connectivity index (χ0v) is 14.7. The number of nitrogens with one attached hydrogen (secondary N) is 1. The fourth-order valence-corrected chi connectivity index (χ4v) is 3.51. The third-order valence-electron chi connectivity index (χ3n) is 4.58. The van der Waals surface area contributed by atoms with Gasteiger partial charge in [-0.2, -0.15) is 0 Å². The van der Waals surface area contributed by atoms with Crippen molar-refractivity contribution < 1.29 is 4.79 Å². The first kappa shape index (κ1) is 16.8. The first-order valence-corrected chi connectivity index (χ1v) is 8.91. The average molecular weight is 343 g/mol. The van der Waals surface area contributed by atoms with E-state index in [4.69, 9.17) is 11.6 Å². The molecule has 0 radical (unpaired) electrons. The van der Waals surface area contributed by atoms with Gasteiger partial charge in [-0.1, -0.05) is 60.3 Å². The molecule has 0 saturated carbocycles. The van der Waals surface area contributed by atoms with Crippen LogP contribution >= 0.6 is 11.6 Å². The lowest BCUT2D eigenvalue weighted by molar-refractivity contribution is 0.189. The third kappa shape index (κ3) is 3.90. The molecule has 24 heavy (non-hydrogen) atoms. The number of carbonyl (C=O) groups excluding carboxylic acids is 1. The monoisotopic (exact) mass is 342 g/mol. The molecule has 1 N–H and O–H groups in total. The highest BCUT2D eigenvalue weighted by atomic mass is 35.5. The smallest absolute Gasteiger partial charge is 0.317 e. The summed E-state index contributed by atoms with van der Waals surface area (Å²) in [6.45, 7) is 2.79. The SMILES string of the molecule is Cc1ccc(NC(=O)N2CCCCC[C@@H]2c2ccccc2Cl)cc1. The van der Waals surface area contributed by atoms with Crippen LogP contribution in [0.15, 0.2) is 48.5 Å². The molecule has 1 aliphatic rings. The minimum Gasteiger partial charge on any atom is -0.317 e. The van der Waals surface area contributed by atoms with Crippen LogP contribution in [-0.4, -0.2) is 17.5 Å². The van der Waals surface area contributed by atoms with Gasteiger partial charge in [-0.3, -0.25) is 0 Å². The number of rotatable bonds is 2. The van der Waals surface area contributed by atoms with E-state index in [1.54, 1.807) is 0 Å². The Hall–Kier alpha value is -2.00. The van der Waals surface area contributed by atoms with E-state index in [0.29, 0.717) is 0 Å². The Kier molecular flexibility index (Phi) is 5.41. The van der Waals surface area contributed by atoms with Gasteiger partial charge < -0.3 is 10.2 Å². The number of carbonyl (C=O) groups is 1. The molecule has 2 amide bonds. The summed E-state index contributed by atoms with van der Waals surface area (Å²) in [6.07, 6.45) is 4.24. The number of hydrogen-bond acceptors (Lipinski definition) is 1. The Morgan fingerprint density at radius 2 is 1.83 bits per heavy atom. The Morgan fingerprint density at radius 3 is 2.58 bits per heavy atom. The van der Waals surface area contributed by atoms with Crippen molar-refractivity contribution in [3.05, 3.63) is 64.7 Å². The van der Waals surface area contributed by atoms with Gasteiger partial charge in [-0.25, -0.2) is 4.79 Å². The summed E-state index contributed by atoms with van der Waals surface area (Å²) in [7, 11) is 0. The van der Waals surface area contributed by atoms with E-state index in [9.17, 15) is 4.79 Å². The fraction of sp³-hybridized carbons (Fsp3) is 0.350. The Morgan fingerprint density at radius 1 is 1.08 bits per heavy atom. The van der Waals surface area contributed by atoms with Crippen LogP contribution in [0.25, 0.3) is 0 Å². The van der Waals surface area contributed by atoms with E-state index >= 15 is 0 Å². The van der Waals surface area contributed by atoms with Gasteiger partial charge in [0.2, 0.25) is 0 Å². The summed E-state index contributed by atoms with van der Waals surface area (Å²) < 4.78 is 0. The largest absolute Gasteiger partial charge is 0.322 e. The lowest BCUT2D eigenvalue weighted by Gasteiger charge is -2.31. The van der Waals surface area contributed by atoms with Crippen LogP contribution in [0.4, 0.5) is 10.5 Å². The molecule has 2 aromatic rings. The van der Waals surface area contributed by atoms with Gasteiger partial charge in [0.15, 0.2) is 0 Å². The summed E-state index contributed by atoms with van der Waals surface area (Å²) in [5.41, 5.74) is 3.05. The maximum absolute atomic E-state index is 12.9. The number of benzene rings is 2. The molecule has 1 heterocycles. The molecule has 3 nitrogen and oxygen atoms in total. The van der Waals surface area contributed by atoms with Crippen molar-refractivity contribution in [2.45, 2.75) is 38.6 Å². The van der Waals surface area contributed by atoms with Gasteiger partial charge in [0.1, 0.15) is 0 Å². The molecule has 4 heteroatoms. The molecular weight excluding hydrogens is 320 g/mol. The Labute approximate surface area is 148 Å². The van der Waals surface area contributed by atoms with Crippen LogP contribution in [0.2, 0.25) is 5.02 Å². The number of nitrogens with zero attached hydrogens (tertiary/aromatic N) is 1. The standard InChI is InChI=1S/C20H23ClN2O/c1-15-10-12-16(13-11-15)22-20(24)23-14-6-2-3-9-19(23)17-7-4-5-8-18(17)21/h4-5,7-8,10-13,19H,2-3,6,9,14H2,1H3,(H,22,24)/t19-/m1/s1. The lowest BCUT2D eigenvalue weighted by Crippen LogP contribution is -2.38. The van der Waals surface area contributed by atoms with Gasteiger partial charge in [0.05, 0.1) is 6.04 Å². The minimum atomic E-state index is -0.0503. The normalized spacial score (nSPS) is 18.1. The van der Waals surface area contributed by atoms with Crippen molar-refractivity contribution in [1.82, 2.24) is 4.90 Å². The second kappa shape index (κ2) is 7.71. The highest BCUT2D eigenvalue weighted by Gasteiger charge is 2.28. The number of amides is 2. The summed E-state index contributed by atoms with van der Waals surface area (Å²) in [5, 5.41) is 3.76. The summed E-state index contributed by atoms with van der Waals surface area (Å²) in [5.74, 6) is 0. The Balaban J connectivity index is 1.83. The maximum atomic E-state index is 12.9. The molecule has 0 spiro atoms. The average Bonchev–Trinajstić information content (AvgIpc) is 2.83. The quantitative estimate of drug-likeness (QED) is 0.735. The van der Waals surface area contributed by atoms with E-state index in [1.165, 1.54) is 5.56 Å². The van der Waals surface area contributed by atoms with Gasteiger partial charge in [0, 0.05) is 17.3 Å². The van der Waals surface area contributed by atoms with Crippen LogP contribution in [0, 0.1) is 6.92 Å². The van der Waals surface area contributed by atoms with Crippen LogP contribution < -0.4 is 5.32 Å². The summed E-state index contributed by atoms with van der Waals surface area (Å²) in [4.78, 5) is 14.8. The van der Waals surface area contributed by atoms with Gasteiger partial charge >= 0.3 is 6.03 Å². The van der Waals surface area contributed by atoms with Crippen LogP contribution in [0.1, 0.15) is 42.9 Å². The molecular formula is C20H23ClN2O. The molecule has 0 unspecified atom stereocenters. The van der Waals surface area contributed by atoms with Crippen LogP contribution in [-0.2, 0) is 0 Å². The molecule has 1 fully saturated rings. The zero-order chi connectivity index (χ0) is 16.9. The highest BCUT2D eigenvalue weighted by molar-refractivity contribution is 6.31. The fourth-order valence-electron chi connectivity index (χ4n) is 3.25. The molecule has 1 saturated heterocycles. The zero-order valence-electron chi connectivity index (χ0n) is 14.0. The molecule has 0 bridgehead atoms. The van der Waals surface area contributed by atoms with Crippen molar-refractivity contribution in [2.75, 3.05) is 11.9 Å². The minimum absolute atomic E-state index is 0.0339. The molecule has 3 rings (SSSR count).